The molecule has 0 aromatic carbocycles. The van der Waals surface area contributed by atoms with Gasteiger partial charge in [0.1, 0.15) is 13.2 Å². The van der Waals surface area contributed by atoms with Crippen molar-refractivity contribution in [2.75, 3.05) is 13.2 Å². The van der Waals surface area contributed by atoms with Crippen molar-refractivity contribution in [1.82, 2.24) is 0 Å². The summed E-state index contributed by atoms with van der Waals surface area (Å²) in [5, 5.41) is 0. The van der Waals surface area contributed by atoms with Crippen molar-refractivity contribution in [2.24, 2.45) is 0 Å². The summed E-state index contributed by atoms with van der Waals surface area (Å²) in [6, 6.07) is 0. The summed E-state index contributed by atoms with van der Waals surface area (Å²) < 4.78 is 16.7. The second kappa shape index (κ2) is 48.8. The number of carbonyl (C=O) groups is 3. The van der Waals surface area contributed by atoms with E-state index in [-0.39, 0.29) is 31.1 Å². The van der Waals surface area contributed by atoms with Gasteiger partial charge in [-0.15, -0.1) is 0 Å². The SMILES string of the molecule is CC/C=C\C/C=C\C/C=C\CCCCCCCCCCCC(=O)OCC(COC(=O)CCCCCCC/C=C\CCCC)OC(=O)CCCCCCC/C=C\CCCCC. The van der Waals surface area contributed by atoms with Crippen LogP contribution in [0, 0.1) is 0 Å². The fourth-order valence-corrected chi connectivity index (χ4v) is 6.90. The molecule has 0 aliphatic heterocycles. The van der Waals surface area contributed by atoms with E-state index in [1.807, 2.05) is 0 Å². The molecule has 0 heterocycles. The highest BCUT2D eigenvalue weighted by Gasteiger charge is 2.19. The van der Waals surface area contributed by atoms with Gasteiger partial charge in [0.25, 0.3) is 0 Å². The largest absolute Gasteiger partial charge is 0.462 e. The minimum absolute atomic E-state index is 0.0829. The second-order valence-electron chi connectivity index (χ2n) is 16.7. The Morgan fingerprint density at radius 2 is 0.667 bits per heavy atom. The van der Waals surface area contributed by atoms with Crippen LogP contribution < -0.4 is 0 Å². The van der Waals surface area contributed by atoms with Gasteiger partial charge < -0.3 is 14.2 Å². The highest BCUT2D eigenvalue weighted by molar-refractivity contribution is 5.71. The van der Waals surface area contributed by atoms with Gasteiger partial charge in [-0.2, -0.15) is 0 Å². The summed E-state index contributed by atoms with van der Waals surface area (Å²) in [4.78, 5) is 37.9. The van der Waals surface area contributed by atoms with Crippen LogP contribution in [0.2, 0.25) is 0 Å². The fraction of sp³-hybridized carbons (Fsp3) is 0.759. The molecule has 0 spiro atoms. The van der Waals surface area contributed by atoms with E-state index in [0.29, 0.717) is 19.3 Å². The number of unbranched alkanes of at least 4 members (excludes halogenated alkanes) is 24. The molecule has 346 valence electrons. The third-order valence-electron chi connectivity index (χ3n) is 10.7. The summed E-state index contributed by atoms with van der Waals surface area (Å²) in [5.41, 5.74) is 0. The number of hydrogen-bond acceptors (Lipinski definition) is 6. The van der Waals surface area contributed by atoms with Crippen LogP contribution in [0.1, 0.15) is 245 Å². The zero-order valence-electron chi connectivity index (χ0n) is 39.5. The number of esters is 3. The monoisotopic (exact) mass is 839 g/mol. The minimum Gasteiger partial charge on any atom is -0.462 e. The lowest BCUT2D eigenvalue weighted by atomic mass is 10.1. The van der Waals surface area contributed by atoms with Gasteiger partial charge in [-0.05, 0) is 96.3 Å². The van der Waals surface area contributed by atoms with E-state index in [2.05, 4.69) is 81.5 Å². The van der Waals surface area contributed by atoms with E-state index in [1.54, 1.807) is 0 Å². The maximum Gasteiger partial charge on any atom is 0.306 e. The number of allylic oxidation sites excluding steroid dienone is 10. The molecule has 0 saturated heterocycles. The van der Waals surface area contributed by atoms with E-state index in [1.165, 1.54) is 109 Å². The van der Waals surface area contributed by atoms with Crippen LogP contribution in [-0.4, -0.2) is 37.2 Å². The molecule has 0 aromatic heterocycles. The van der Waals surface area contributed by atoms with Crippen LogP contribution in [0.15, 0.2) is 60.8 Å². The molecule has 0 aliphatic rings. The maximum absolute atomic E-state index is 12.7. The Morgan fingerprint density at radius 1 is 0.350 bits per heavy atom. The van der Waals surface area contributed by atoms with Crippen molar-refractivity contribution < 1.29 is 28.6 Å². The molecule has 6 heteroatoms. The van der Waals surface area contributed by atoms with Crippen LogP contribution in [0.4, 0.5) is 0 Å². The maximum atomic E-state index is 12.7. The van der Waals surface area contributed by atoms with E-state index in [4.69, 9.17) is 14.2 Å². The van der Waals surface area contributed by atoms with Crippen molar-refractivity contribution in [1.29, 1.82) is 0 Å². The van der Waals surface area contributed by atoms with Gasteiger partial charge in [-0.3, -0.25) is 14.4 Å². The van der Waals surface area contributed by atoms with Crippen LogP contribution in [0.25, 0.3) is 0 Å². The molecule has 0 amide bonds. The Morgan fingerprint density at radius 3 is 1.08 bits per heavy atom. The first-order valence-corrected chi connectivity index (χ1v) is 25.3. The van der Waals surface area contributed by atoms with Gasteiger partial charge in [-0.1, -0.05) is 191 Å². The first-order valence-electron chi connectivity index (χ1n) is 25.3. The van der Waals surface area contributed by atoms with Gasteiger partial charge in [0.05, 0.1) is 0 Å². The summed E-state index contributed by atoms with van der Waals surface area (Å²) in [6.45, 7) is 6.45. The lowest BCUT2D eigenvalue weighted by molar-refractivity contribution is -0.167. The zero-order chi connectivity index (χ0) is 43.7. The predicted octanol–water partition coefficient (Wildman–Crippen LogP) is 16.5. The molecule has 0 fully saturated rings. The molecule has 0 N–H and O–H groups in total. The molecule has 0 radical (unpaired) electrons. The fourth-order valence-electron chi connectivity index (χ4n) is 6.90. The van der Waals surface area contributed by atoms with Gasteiger partial charge in [-0.25, -0.2) is 0 Å². The summed E-state index contributed by atoms with van der Waals surface area (Å²) in [6.07, 6.45) is 59.2. The Balaban J connectivity index is 4.33. The van der Waals surface area contributed by atoms with Gasteiger partial charge in [0.2, 0.25) is 0 Å². The van der Waals surface area contributed by atoms with Crippen molar-refractivity contribution in [2.45, 2.75) is 252 Å². The first-order chi connectivity index (χ1) is 29.5. The molecule has 1 atom stereocenters. The van der Waals surface area contributed by atoms with E-state index < -0.39 is 6.10 Å². The van der Waals surface area contributed by atoms with E-state index in [0.717, 1.165) is 96.3 Å². The molecule has 0 rings (SSSR count). The summed E-state index contributed by atoms with van der Waals surface area (Å²) in [5.74, 6) is -0.905. The van der Waals surface area contributed by atoms with Gasteiger partial charge in [0, 0.05) is 19.3 Å². The Kier molecular flexibility index (Phi) is 46.4. The molecular formula is C54H94O6. The highest BCUT2D eigenvalue weighted by atomic mass is 16.6. The Labute approximate surface area is 370 Å². The molecule has 6 nitrogen and oxygen atoms in total. The summed E-state index contributed by atoms with van der Waals surface area (Å²) in [7, 11) is 0. The molecule has 0 bridgehead atoms. The van der Waals surface area contributed by atoms with Gasteiger partial charge in [0.15, 0.2) is 6.10 Å². The molecule has 0 aliphatic carbocycles. The topological polar surface area (TPSA) is 78.9 Å². The Bertz CT molecular complexity index is 1100. The van der Waals surface area contributed by atoms with Crippen LogP contribution >= 0.6 is 0 Å². The summed E-state index contributed by atoms with van der Waals surface area (Å²) >= 11 is 0. The van der Waals surface area contributed by atoms with Crippen LogP contribution in [-0.2, 0) is 28.6 Å². The molecular weight excluding hydrogens is 745 g/mol. The van der Waals surface area contributed by atoms with E-state index in [9.17, 15) is 14.4 Å². The smallest absolute Gasteiger partial charge is 0.306 e. The standard InChI is InChI=1S/C54H94O6/c1-4-7-10-13-16-19-22-24-25-26-27-28-29-30-33-35-38-41-44-47-53(56)59-50-51(49-58-52(55)46-43-40-37-34-31-21-18-15-12-9-6-3)60-54(57)48-45-42-39-36-32-23-20-17-14-11-8-5-2/h7,10,15-20,24-25,51H,4-6,8-9,11-14,21-23,26-50H2,1-3H3/b10-7-,18-15-,19-16-,20-17-,25-24-. The molecule has 0 saturated carbocycles. The van der Waals surface area contributed by atoms with E-state index >= 15 is 0 Å². The van der Waals surface area contributed by atoms with Crippen LogP contribution in [0.3, 0.4) is 0 Å². The van der Waals surface area contributed by atoms with Crippen molar-refractivity contribution in [3.05, 3.63) is 60.8 Å². The number of carbonyl (C=O) groups excluding carboxylic acids is 3. The third kappa shape index (κ3) is 46.2. The van der Waals surface area contributed by atoms with Crippen LogP contribution in [0.5, 0.6) is 0 Å². The van der Waals surface area contributed by atoms with Crippen molar-refractivity contribution in [3.8, 4) is 0 Å². The number of rotatable bonds is 45. The lowest BCUT2D eigenvalue weighted by Gasteiger charge is -2.18. The normalized spacial score (nSPS) is 12.5. The molecule has 0 aromatic rings. The molecule has 1 unspecified atom stereocenters. The minimum atomic E-state index is -0.781. The number of ether oxygens (including phenoxy) is 3. The average molecular weight is 839 g/mol. The van der Waals surface area contributed by atoms with Crippen molar-refractivity contribution >= 4 is 17.9 Å². The Hall–Kier alpha value is -2.89. The highest BCUT2D eigenvalue weighted by Crippen LogP contribution is 2.14. The molecule has 60 heavy (non-hydrogen) atoms. The third-order valence-corrected chi connectivity index (χ3v) is 10.7. The quantitative estimate of drug-likeness (QED) is 0.0263. The predicted molar refractivity (Wildman–Crippen MR) is 256 cm³/mol. The van der Waals surface area contributed by atoms with Crippen molar-refractivity contribution in [3.63, 3.8) is 0 Å². The zero-order valence-corrected chi connectivity index (χ0v) is 39.5. The first kappa shape index (κ1) is 57.1. The second-order valence-corrected chi connectivity index (χ2v) is 16.7. The lowest BCUT2D eigenvalue weighted by Crippen LogP contribution is -2.30. The van der Waals surface area contributed by atoms with Gasteiger partial charge >= 0.3 is 17.9 Å². The average Bonchev–Trinajstić information content (AvgIpc) is 3.24. The number of hydrogen-bond donors (Lipinski definition) is 0.